The molecule has 1 unspecified atom stereocenters. The van der Waals surface area contributed by atoms with Crippen LogP contribution in [0.5, 0.6) is 0 Å². The van der Waals surface area contributed by atoms with Crippen LogP contribution in [0.2, 0.25) is 0 Å². The summed E-state index contributed by atoms with van der Waals surface area (Å²) in [5.74, 6) is -2.05. The lowest BCUT2D eigenvalue weighted by atomic mass is 10.1. The second kappa shape index (κ2) is 8.57. The number of pyridine rings is 1. The van der Waals surface area contributed by atoms with Crippen LogP contribution in [-0.4, -0.2) is 34.3 Å². The fourth-order valence-electron chi connectivity index (χ4n) is 3.01. The van der Waals surface area contributed by atoms with E-state index in [9.17, 15) is 14.5 Å². The minimum atomic E-state index is -3.93. The zero-order chi connectivity index (χ0) is 20.4. The Balaban J connectivity index is 2.67. The zero-order valence-electron chi connectivity index (χ0n) is 16.6. The van der Waals surface area contributed by atoms with Gasteiger partial charge in [-0.2, -0.15) is 0 Å². The fourth-order valence-corrected chi connectivity index (χ4v) is 5.09. The molecule has 7 nitrogen and oxygen atoms in total. The van der Waals surface area contributed by atoms with Crippen molar-refractivity contribution in [1.82, 2.24) is 4.40 Å². The average Bonchev–Trinajstić information content (AvgIpc) is 2.84. The smallest absolute Gasteiger partial charge is 0.365 e. The van der Waals surface area contributed by atoms with E-state index >= 15 is 0 Å². The van der Waals surface area contributed by atoms with Gasteiger partial charge in [0.05, 0.1) is 35.6 Å². The molecule has 0 aromatic carbocycles. The van der Waals surface area contributed by atoms with Crippen molar-refractivity contribution in [1.29, 1.82) is 0 Å². The SMILES string of the molecule is CCOC(=O)c1c(C)c(C(O)P(=O)(OC(C)C)OC(C)C)n2ccccc12. The lowest BCUT2D eigenvalue weighted by molar-refractivity contribution is 0.0527. The van der Waals surface area contributed by atoms with E-state index in [1.807, 2.05) is 0 Å². The van der Waals surface area contributed by atoms with Crippen LogP contribution in [0, 0.1) is 6.92 Å². The van der Waals surface area contributed by atoms with Crippen LogP contribution < -0.4 is 0 Å². The van der Waals surface area contributed by atoms with E-state index in [1.54, 1.807) is 70.3 Å². The molecular weight excluding hydrogens is 369 g/mol. The van der Waals surface area contributed by atoms with Crippen molar-refractivity contribution in [3.05, 3.63) is 41.2 Å². The molecule has 27 heavy (non-hydrogen) atoms. The standard InChI is InChI=1S/C19H28NO6P/c1-7-24-18(21)16-14(6)17(20-11-9-8-10-15(16)20)19(22)27(23,25-12(2)3)26-13(4)5/h8-13,19,22H,7H2,1-6H3. The van der Waals surface area contributed by atoms with Crippen LogP contribution in [0.25, 0.3) is 5.52 Å². The molecule has 0 saturated heterocycles. The van der Waals surface area contributed by atoms with Gasteiger partial charge < -0.3 is 23.3 Å². The Morgan fingerprint density at radius 2 is 1.78 bits per heavy atom. The van der Waals surface area contributed by atoms with E-state index in [0.717, 1.165) is 0 Å². The average molecular weight is 397 g/mol. The second-order valence-electron chi connectivity index (χ2n) is 6.78. The van der Waals surface area contributed by atoms with Gasteiger partial charge in [-0.1, -0.05) is 6.07 Å². The van der Waals surface area contributed by atoms with Gasteiger partial charge in [0.1, 0.15) is 0 Å². The Bertz CT molecular complexity index is 843. The Labute approximate surface area is 159 Å². The first-order chi connectivity index (χ1) is 12.6. The summed E-state index contributed by atoms with van der Waals surface area (Å²) >= 11 is 0. The molecule has 8 heteroatoms. The minimum absolute atomic E-state index is 0.228. The highest BCUT2D eigenvalue weighted by molar-refractivity contribution is 7.54. The third-order valence-corrected chi connectivity index (χ3v) is 6.15. The summed E-state index contributed by atoms with van der Waals surface area (Å²) in [6.45, 7) is 10.5. The number of nitrogens with zero attached hydrogens (tertiary/aromatic N) is 1. The molecule has 2 rings (SSSR count). The molecule has 1 atom stereocenters. The fraction of sp³-hybridized carbons (Fsp3) is 0.526. The van der Waals surface area contributed by atoms with E-state index in [0.29, 0.717) is 22.3 Å². The van der Waals surface area contributed by atoms with Gasteiger partial charge in [0.2, 0.25) is 0 Å². The Hall–Kier alpha value is -1.66. The van der Waals surface area contributed by atoms with Gasteiger partial charge in [-0.3, -0.25) is 4.57 Å². The van der Waals surface area contributed by atoms with Gasteiger partial charge in [-0.15, -0.1) is 0 Å². The molecule has 1 N–H and O–H groups in total. The molecule has 0 aliphatic carbocycles. The number of aromatic nitrogens is 1. The molecule has 0 fully saturated rings. The largest absolute Gasteiger partial charge is 0.462 e. The number of esters is 1. The number of rotatable bonds is 8. The monoisotopic (exact) mass is 397 g/mol. The van der Waals surface area contributed by atoms with Gasteiger partial charge in [-0.05, 0) is 59.2 Å². The predicted molar refractivity (Wildman–Crippen MR) is 103 cm³/mol. The summed E-state index contributed by atoms with van der Waals surface area (Å²) < 4.78 is 31.3. The van der Waals surface area contributed by atoms with Crippen molar-refractivity contribution in [3.63, 3.8) is 0 Å². The number of carbonyl (C=O) groups is 1. The number of aliphatic hydroxyl groups excluding tert-OH is 1. The Morgan fingerprint density at radius 3 is 2.30 bits per heavy atom. The molecule has 0 bridgehead atoms. The number of aliphatic hydroxyl groups is 1. The first kappa shape index (κ1) is 21.6. The first-order valence-electron chi connectivity index (χ1n) is 9.03. The second-order valence-corrected chi connectivity index (χ2v) is 8.77. The molecule has 2 aromatic rings. The van der Waals surface area contributed by atoms with Crippen LogP contribution >= 0.6 is 7.60 Å². The number of hydrogen-bond acceptors (Lipinski definition) is 6. The van der Waals surface area contributed by atoms with Crippen LogP contribution in [0.3, 0.4) is 0 Å². The summed E-state index contributed by atoms with van der Waals surface area (Å²) in [6, 6.07) is 5.28. The Kier molecular flexibility index (Phi) is 6.87. The normalized spacial score (nSPS) is 13.5. The molecule has 0 spiro atoms. The first-order valence-corrected chi connectivity index (χ1v) is 10.6. The highest BCUT2D eigenvalue weighted by Gasteiger charge is 2.41. The van der Waals surface area contributed by atoms with Crippen molar-refractivity contribution in [2.24, 2.45) is 0 Å². The Morgan fingerprint density at radius 1 is 1.19 bits per heavy atom. The maximum absolute atomic E-state index is 13.4. The number of carbonyl (C=O) groups excluding carboxylic acids is 1. The summed E-state index contributed by atoms with van der Waals surface area (Å²) in [5.41, 5.74) is 1.65. The molecule has 150 valence electrons. The lowest BCUT2D eigenvalue weighted by Gasteiger charge is -2.27. The predicted octanol–water partition coefficient (Wildman–Crippen LogP) is 4.46. The van der Waals surface area contributed by atoms with Gasteiger partial charge in [0, 0.05) is 6.20 Å². The van der Waals surface area contributed by atoms with E-state index in [4.69, 9.17) is 13.8 Å². The third-order valence-electron chi connectivity index (χ3n) is 3.87. The van der Waals surface area contributed by atoms with Crippen molar-refractivity contribution in [3.8, 4) is 0 Å². The van der Waals surface area contributed by atoms with Crippen molar-refractivity contribution in [2.75, 3.05) is 6.61 Å². The summed E-state index contributed by atoms with van der Waals surface area (Å²) in [6.07, 6.45) is 0.860. The molecular formula is C19H28NO6P. The summed E-state index contributed by atoms with van der Waals surface area (Å²) in [5, 5.41) is 11.1. The van der Waals surface area contributed by atoms with Gasteiger partial charge in [0.25, 0.3) is 0 Å². The minimum Gasteiger partial charge on any atom is -0.462 e. The molecule has 2 heterocycles. The summed E-state index contributed by atoms with van der Waals surface area (Å²) in [7, 11) is -3.93. The van der Waals surface area contributed by atoms with Gasteiger partial charge in [0.15, 0.2) is 5.85 Å². The molecule has 0 radical (unpaired) electrons. The van der Waals surface area contributed by atoms with Crippen molar-refractivity contribution >= 4 is 19.1 Å². The topological polar surface area (TPSA) is 86.5 Å². The zero-order valence-corrected chi connectivity index (χ0v) is 17.5. The van der Waals surface area contributed by atoms with Crippen molar-refractivity contribution in [2.45, 2.75) is 59.6 Å². The highest BCUT2D eigenvalue weighted by atomic mass is 31.2. The van der Waals surface area contributed by atoms with Crippen LogP contribution in [-0.2, 0) is 18.3 Å². The molecule has 0 saturated carbocycles. The van der Waals surface area contributed by atoms with E-state index < -0.39 is 31.6 Å². The van der Waals surface area contributed by atoms with E-state index in [2.05, 4.69) is 0 Å². The maximum atomic E-state index is 13.4. The molecule has 0 aliphatic heterocycles. The lowest BCUT2D eigenvalue weighted by Crippen LogP contribution is -2.15. The number of fused-ring (bicyclic) bond motifs is 1. The van der Waals surface area contributed by atoms with Gasteiger partial charge in [-0.25, -0.2) is 4.79 Å². The van der Waals surface area contributed by atoms with Crippen LogP contribution in [0.4, 0.5) is 0 Å². The van der Waals surface area contributed by atoms with E-state index in [1.165, 1.54) is 0 Å². The molecule has 0 aliphatic rings. The number of ether oxygens (including phenoxy) is 1. The van der Waals surface area contributed by atoms with Crippen molar-refractivity contribution < 1.29 is 28.3 Å². The van der Waals surface area contributed by atoms with Crippen LogP contribution in [0.15, 0.2) is 24.4 Å². The quantitative estimate of drug-likeness (QED) is 0.523. The maximum Gasteiger partial charge on any atom is 0.365 e. The number of hydrogen-bond donors (Lipinski definition) is 1. The molecule has 2 aromatic heterocycles. The van der Waals surface area contributed by atoms with Gasteiger partial charge >= 0.3 is 13.6 Å². The summed E-state index contributed by atoms with van der Waals surface area (Å²) in [4.78, 5) is 12.5. The third kappa shape index (κ3) is 4.43. The van der Waals surface area contributed by atoms with E-state index in [-0.39, 0.29) is 6.61 Å². The highest BCUT2D eigenvalue weighted by Crippen LogP contribution is 2.62. The van der Waals surface area contributed by atoms with Crippen LogP contribution in [0.1, 0.15) is 62.1 Å². The molecule has 0 amide bonds.